The summed E-state index contributed by atoms with van der Waals surface area (Å²) in [5.41, 5.74) is 1.58. The fourth-order valence-electron chi connectivity index (χ4n) is 1.68. The van der Waals surface area contributed by atoms with Crippen LogP contribution in [-0.2, 0) is 16.0 Å². The van der Waals surface area contributed by atoms with E-state index in [9.17, 15) is 9.59 Å². The lowest BCUT2D eigenvalue weighted by atomic mass is 10.1. The van der Waals surface area contributed by atoms with Crippen LogP contribution in [-0.4, -0.2) is 29.1 Å². The van der Waals surface area contributed by atoms with Crippen LogP contribution in [0.2, 0.25) is 0 Å². The Morgan fingerprint density at radius 3 is 2.75 bits per heavy atom. The lowest BCUT2D eigenvalue weighted by Gasteiger charge is -2.06. The van der Waals surface area contributed by atoms with Gasteiger partial charge in [0.15, 0.2) is 5.12 Å². The van der Waals surface area contributed by atoms with Crippen LogP contribution in [0.25, 0.3) is 6.08 Å². The minimum atomic E-state index is -0.858. The summed E-state index contributed by atoms with van der Waals surface area (Å²) in [6.45, 7) is 1.55. The van der Waals surface area contributed by atoms with Gasteiger partial charge in [-0.3, -0.25) is 9.59 Å². The van der Waals surface area contributed by atoms with Crippen LogP contribution in [0.4, 0.5) is 0 Å². The molecule has 0 saturated carbocycles. The first-order valence-corrected chi connectivity index (χ1v) is 7.20. The van der Waals surface area contributed by atoms with Crippen molar-refractivity contribution < 1.29 is 19.4 Å². The summed E-state index contributed by atoms with van der Waals surface area (Å²) >= 11 is 1.29. The van der Waals surface area contributed by atoms with Crippen molar-refractivity contribution in [1.82, 2.24) is 0 Å². The van der Waals surface area contributed by atoms with Crippen molar-refractivity contribution in [3.05, 3.63) is 35.4 Å². The normalized spacial score (nSPS) is 10.7. The molecule has 0 heterocycles. The third-order valence-corrected chi connectivity index (χ3v) is 3.38. The van der Waals surface area contributed by atoms with E-state index in [-0.39, 0.29) is 11.5 Å². The van der Waals surface area contributed by atoms with E-state index in [1.165, 1.54) is 11.8 Å². The topological polar surface area (TPSA) is 63.6 Å². The average molecular weight is 294 g/mol. The highest BCUT2D eigenvalue weighted by atomic mass is 32.2. The van der Waals surface area contributed by atoms with Crippen molar-refractivity contribution in [3.63, 3.8) is 0 Å². The van der Waals surface area contributed by atoms with Gasteiger partial charge in [-0.25, -0.2) is 0 Å². The average Bonchev–Trinajstić information content (AvgIpc) is 2.37. The van der Waals surface area contributed by atoms with Gasteiger partial charge in [0.05, 0.1) is 13.5 Å². The molecule has 0 amide bonds. The number of aliphatic carboxylic acids is 1. The summed E-state index contributed by atoms with van der Waals surface area (Å²) in [7, 11) is 1.58. The van der Waals surface area contributed by atoms with Gasteiger partial charge in [0.2, 0.25) is 0 Å². The third-order valence-electron chi connectivity index (χ3n) is 2.54. The fraction of sp³-hybridized carbons (Fsp3) is 0.333. The van der Waals surface area contributed by atoms with E-state index in [1.54, 1.807) is 26.2 Å². The monoisotopic (exact) mass is 294 g/mol. The van der Waals surface area contributed by atoms with Crippen molar-refractivity contribution in [1.29, 1.82) is 0 Å². The highest BCUT2D eigenvalue weighted by Gasteiger charge is 2.05. The van der Waals surface area contributed by atoms with Gasteiger partial charge in [-0.15, -0.1) is 0 Å². The molecule has 0 aromatic heterocycles. The molecule has 0 radical (unpaired) electrons. The maximum Gasteiger partial charge on any atom is 0.307 e. The van der Waals surface area contributed by atoms with Crippen LogP contribution < -0.4 is 4.74 Å². The van der Waals surface area contributed by atoms with Crippen molar-refractivity contribution >= 4 is 28.9 Å². The number of allylic oxidation sites excluding steroid dienone is 1. The number of thioether (sulfide) groups is 1. The summed E-state index contributed by atoms with van der Waals surface area (Å²) < 4.78 is 5.24. The second-order valence-corrected chi connectivity index (χ2v) is 5.45. The second kappa shape index (κ2) is 8.43. The Kier molecular flexibility index (Phi) is 6.87. The van der Waals surface area contributed by atoms with Crippen LogP contribution >= 0.6 is 11.8 Å². The zero-order valence-electron chi connectivity index (χ0n) is 11.6. The van der Waals surface area contributed by atoms with E-state index in [0.29, 0.717) is 5.75 Å². The highest BCUT2D eigenvalue weighted by molar-refractivity contribution is 8.13. The number of carbonyl (C=O) groups excluding carboxylic acids is 1. The Balaban J connectivity index is 2.72. The largest absolute Gasteiger partial charge is 0.496 e. The van der Waals surface area contributed by atoms with Gasteiger partial charge in [-0.1, -0.05) is 30.0 Å². The Morgan fingerprint density at radius 1 is 1.40 bits per heavy atom. The van der Waals surface area contributed by atoms with Gasteiger partial charge >= 0.3 is 5.97 Å². The number of methoxy groups -OCH3 is 1. The summed E-state index contributed by atoms with van der Waals surface area (Å²) in [5, 5.41) is 8.91. The number of hydrogen-bond acceptors (Lipinski definition) is 4. The van der Waals surface area contributed by atoms with Gasteiger partial charge in [0, 0.05) is 18.2 Å². The molecule has 0 atom stereocenters. The summed E-state index contributed by atoms with van der Waals surface area (Å²) in [6, 6.07) is 5.32. The van der Waals surface area contributed by atoms with Crippen molar-refractivity contribution in [3.8, 4) is 5.75 Å². The first kappa shape index (κ1) is 16.3. The van der Waals surface area contributed by atoms with Crippen LogP contribution in [0.1, 0.15) is 24.5 Å². The third kappa shape index (κ3) is 5.93. The molecule has 0 aliphatic rings. The standard InChI is InChI=1S/C15H18O4S/c1-11(16)20-8-4-3-5-13-9-12(10-15(17)18)6-7-14(13)19-2/h3,5-7,9H,4,8,10H2,1-2H3,(H,17,18). The predicted octanol–water partition coefficient (Wildman–Crippen LogP) is 3.01. The minimum absolute atomic E-state index is 0.00891. The molecule has 0 unspecified atom stereocenters. The van der Waals surface area contributed by atoms with Crippen LogP contribution in [0.3, 0.4) is 0 Å². The molecule has 0 bridgehead atoms. The summed E-state index contributed by atoms with van der Waals surface area (Å²) in [6.07, 6.45) is 4.62. The lowest BCUT2D eigenvalue weighted by molar-refractivity contribution is -0.136. The molecule has 0 spiro atoms. The van der Waals surface area contributed by atoms with E-state index in [1.807, 2.05) is 18.2 Å². The first-order chi connectivity index (χ1) is 9.52. The number of carboxylic acid groups (broad SMARTS) is 1. The van der Waals surface area contributed by atoms with E-state index in [4.69, 9.17) is 9.84 Å². The Bertz CT molecular complexity index is 509. The number of ether oxygens (including phenoxy) is 1. The number of hydrogen-bond donors (Lipinski definition) is 1. The van der Waals surface area contributed by atoms with Gasteiger partial charge < -0.3 is 9.84 Å². The molecule has 20 heavy (non-hydrogen) atoms. The van der Waals surface area contributed by atoms with Gasteiger partial charge in [0.25, 0.3) is 0 Å². The van der Waals surface area contributed by atoms with Gasteiger partial charge in [0.1, 0.15) is 5.75 Å². The molecule has 1 aromatic rings. The maximum absolute atomic E-state index is 10.8. The number of benzene rings is 1. The van der Waals surface area contributed by atoms with Crippen molar-refractivity contribution in [2.24, 2.45) is 0 Å². The molecule has 108 valence electrons. The lowest BCUT2D eigenvalue weighted by Crippen LogP contribution is -2.00. The second-order valence-electron chi connectivity index (χ2n) is 4.18. The molecule has 0 aliphatic heterocycles. The van der Waals surface area contributed by atoms with Crippen LogP contribution in [0, 0.1) is 0 Å². The van der Waals surface area contributed by atoms with E-state index < -0.39 is 5.97 Å². The minimum Gasteiger partial charge on any atom is -0.496 e. The fourth-order valence-corrected chi connectivity index (χ4v) is 2.22. The van der Waals surface area contributed by atoms with E-state index >= 15 is 0 Å². The number of rotatable bonds is 7. The van der Waals surface area contributed by atoms with E-state index in [2.05, 4.69) is 0 Å². The maximum atomic E-state index is 10.8. The molecule has 5 heteroatoms. The molecule has 1 aromatic carbocycles. The molecule has 1 rings (SSSR count). The quantitative estimate of drug-likeness (QED) is 0.783. The van der Waals surface area contributed by atoms with Crippen LogP contribution in [0.5, 0.6) is 5.75 Å². The highest BCUT2D eigenvalue weighted by Crippen LogP contribution is 2.22. The molecule has 0 aliphatic carbocycles. The van der Waals surface area contributed by atoms with Gasteiger partial charge in [-0.2, -0.15) is 0 Å². The smallest absolute Gasteiger partial charge is 0.307 e. The van der Waals surface area contributed by atoms with Crippen LogP contribution in [0.15, 0.2) is 24.3 Å². The zero-order chi connectivity index (χ0) is 15.0. The Morgan fingerprint density at radius 2 is 2.15 bits per heavy atom. The van der Waals surface area contributed by atoms with E-state index in [0.717, 1.165) is 23.3 Å². The summed E-state index contributed by atoms with van der Waals surface area (Å²) in [4.78, 5) is 21.5. The molecular weight excluding hydrogens is 276 g/mol. The Hall–Kier alpha value is -1.75. The SMILES string of the molecule is COc1ccc(CC(=O)O)cc1C=CCCSC(C)=O. The molecule has 0 saturated heterocycles. The molecule has 4 nitrogen and oxygen atoms in total. The molecule has 1 N–H and O–H groups in total. The van der Waals surface area contributed by atoms with Gasteiger partial charge in [-0.05, 0) is 24.1 Å². The first-order valence-electron chi connectivity index (χ1n) is 6.21. The number of carboxylic acids is 1. The number of carbonyl (C=O) groups is 2. The molecule has 0 fully saturated rings. The summed E-state index contributed by atoms with van der Waals surface area (Å²) in [5.74, 6) is 0.584. The Labute approximate surface area is 122 Å². The molecular formula is C15H18O4S. The zero-order valence-corrected chi connectivity index (χ0v) is 12.4. The van der Waals surface area contributed by atoms with Crippen molar-refractivity contribution in [2.75, 3.05) is 12.9 Å². The predicted molar refractivity (Wildman–Crippen MR) is 81.1 cm³/mol. The van der Waals surface area contributed by atoms with Crippen molar-refractivity contribution in [2.45, 2.75) is 19.8 Å².